The highest BCUT2D eigenvalue weighted by atomic mass is 16.1. The molecule has 82 valence electrons. The maximum absolute atomic E-state index is 11.2. The first-order chi connectivity index (χ1) is 7.12. The lowest BCUT2D eigenvalue weighted by Crippen LogP contribution is -2.54. The smallest absolute Gasteiger partial charge is 0.237 e. The minimum Gasteiger partial charge on any atom is -0.368 e. The van der Waals surface area contributed by atoms with Gasteiger partial charge >= 0.3 is 0 Å². The van der Waals surface area contributed by atoms with Crippen LogP contribution in [0.15, 0.2) is 12.7 Å². The van der Waals surface area contributed by atoms with Crippen LogP contribution >= 0.6 is 0 Å². The molecule has 1 saturated carbocycles. The number of rotatable bonds is 2. The third-order valence-electron chi connectivity index (χ3n) is 3.06. The molecule has 1 aromatic heterocycles. The molecule has 1 fully saturated rings. The molecule has 0 aromatic carbocycles. The molecular weight excluding hydrogens is 194 g/mol. The predicted molar refractivity (Wildman–Crippen MR) is 53.6 cm³/mol. The molecular formula is C9H15N5O. The van der Waals surface area contributed by atoms with Gasteiger partial charge in [-0.15, -0.1) is 0 Å². The fourth-order valence-corrected chi connectivity index (χ4v) is 2.13. The average molecular weight is 209 g/mol. The maximum Gasteiger partial charge on any atom is 0.237 e. The van der Waals surface area contributed by atoms with E-state index in [1.54, 1.807) is 11.0 Å². The lowest BCUT2D eigenvalue weighted by atomic mass is 9.79. The Morgan fingerprint density at radius 3 is 3.00 bits per heavy atom. The van der Waals surface area contributed by atoms with Gasteiger partial charge in [-0.2, -0.15) is 5.10 Å². The highest BCUT2D eigenvalue weighted by Gasteiger charge is 2.38. The molecule has 1 aliphatic rings. The Bertz CT molecular complexity index is 349. The van der Waals surface area contributed by atoms with Crippen molar-refractivity contribution in [3.63, 3.8) is 0 Å². The summed E-state index contributed by atoms with van der Waals surface area (Å²) in [5.41, 5.74) is 10.4. The van der Waals surface area contributed by atoms with E-state index in [-0.39, 0.29) is 6.04 Å². The first kappa shape index (κ1) is 10.1. The summed E-state index contributed by atoms with van der Waals surface area (Å²) in [4.78, 5) is 15.1. The number of hydrogen-bond donors (Lipinski definition) is 2. The number of primary amides is 1. The summed E-state index contributed by atoms with van der Waals surface area (Å²) in [7, 11) is 0. The fourth-order valence-electron chi connectivity index (χ4n) is 2.13. The van der Waals surface area contributed by atoms with Gasteiger partial charge in [-0.25, -0.2) is 9.67 Å². The van der Waals surface area contributed by atoms with Crippen LogP contribution in [-0.4, -0.2) is 26.2 Å². The Morgan fingerprint density at radius 1 is 1.60 bits per heavy atom. The van der Waals surface area contributed by atoms with Gasteiger partial charge in [-0.05, 0) is 25.7 Å². The summed E-state index contributed by atoms with van der Waals surface area (Å²) in [6.07, 6.45) is 6.20. The van der Waals surface area contributed by atoms with E-state index in [0.717, 1.165) is 12.8 Å². The van der Waals surface area contributed by atoms with E-state index < -0.39 is 11.4 Å². The van der Waals surface area contributed by atoms with Crippen molar-refractivity contribution in [2.45, 2.75) is 37.3 Å². The third kappa shape index (κ3) is 1.85. The summed E-state index contributed by atoms with van der Waals surface area (Å²) >= 11 is 0. The molecule has 1 amide bonds. The van der Waals surface area contributed by atoms with Crippen molar-refractivity contribution in [3.05, 3.63) is 12.7 Å². The molecule has 1 heterocycles. The van der Waals surface area contributed by atoms with Crippen LogP contribution in [0.4, 0.5) is 0 Å². The summed E-state index contributed by atoms with van der Waals surface area (Å²) in [6.45, 7) is 0. The Hall–Kier alpha value is -1.43. The van der Waals surface area contributed by atoms with Gasteiger partial charge in [0.25, 0.3) is 0 Å². The normalized spacial score (nSPS) is 31.4. The van der Waals surface area contributed by atoms with Crippen molar-refractivity contribution >= 4 is 5.91 Å². The molecule has 1 aliphatic carbocycles. The van der Waals surface area contributed by atoms with Crippen molar-refractivity contribution in [3.8, 4) is 0 Å². The minimum absolute atomic E-state index is 0.138. The second-order valence-corrected chi connectivity index (χ2v) is 4.15. The Kier molecular flexibility index (Phi) is 2.44. The second-order valence-electron chi connectivity index (χ2n) is 4.15. The van der Waals surface area contributed by atoms with Crippen LogP contribution in [0.25, 0.3) is 0 Å². The second kappa shape index (κ2) is 3.62. The molecule has 6 heteroatoms. The number of nitrogens with two attached hydrogens (primary N) is 2. The van der Waals surface area contributed by atoms with Crippen LogP contribution in [0.1, 0.15) is 31.7 Å². The molecule has 2 unspecified atom stereocenters. The summed E-state index contributed by atoms with van der Waals surface area (Å²) in [6, 6.07) is 0.138. The van der Waals surface area contributed by atoms with E-state index >= 15 is 0 Å². The zero-order valence-corrected chi connectivity index (χ0v) is 8.47. The number of aromatic nitrogens is 3. The van der Waals surface area contributed by atoms with E-state index in [9.17, 15) is 4.79 Å². The molecule has 2 atom stereocenters. The van der Waals surface area contributed by atoms with Crippen LogP contribution < -0.4 is 11.5 Å². The van der Waals surface area contributed by atoms with Crippen molar-refractivity contribution in [1.82, 2.24) is 14.8 Å². The van der Waals surface area contributed by atoms with E-state index in [2.05, 4.69) is 10.1 Å². The SMILES string of the molecule is NC(=O)C1(N)CCCC(n2cncn2)C1. The van der Waals surface area contributed by atoms with Gasteiger partial charge < -0.3 is 11.5 Å². The molecule has 0 bridgehead atoms. The Labute approximate surface area is 87.6 Å². The zero-order chi connectivity index (χ0) is 10.9. The van der Waals surface area contributed by atoms with E-state index in [1.165, 1.54) is 6.33 Å². The van der Waals surface area contributed by atoms with Crippen molar-refractivity contribution in [2.24, 2.45) is 11.5 Å². The largest absolute Gasteiger partial charge is 0.368 e. The quantitative estimate of drug-likeness (QED) is 0.690. The molecule has 15 heavy (non-hydrogen) atoms. The summed E-state index contributed by atoms with van der Waals surface area (Å²) in [5, 5.41) is 4.06. The molecule has 1 aromatic rings. The molecule has 2 rings (SSSR count). The summed E-state index contributed by atoms with van der Waals surface area (Å²) in [5.74, 6) is -0.424. The highest BCUT2D eigenvalue weighted by Crippen LogP contribution is 2.33. The van der Waals surface area contributed by atoms with Crippen molar-refractivity contribution < 1.29 is 4.79 Å². The highest BCUT2D eigenvalue weighted by molar-refractivity contribution is 5.84. The standard InChI is InChI=1S/C9H15N5O/c10-8(15)9(11)3-1-2-7(4-9)14-6-12-5-13-14/h5-7H,1-4,11H2,(H2,10,15). The number of amides is 1. The van der Waals surface area contributed by atoms with Crippen LogP contribution in [-0.2, 0) is 4.79 Å². The van der Waals surface area contributed by atoms with Gasteiger partial charge in [0.1, 0.15) is 12.7 Å². The van der Waals surface area contributed by atoms with Gasteiger partial charge in [0.05, 0.1) is 11.6 Å². The number of carbonyl (C=O) groups is 1. The zero-order valence-electron chi connectivity index (χ0n) is 8.47. The van der Waals surface area contributed by atoms with Gasteiger partial charge in [0.15, 0.2) is 0 Å². The molecule has 6 nitrogen and oxygen atoms in total. The maximum atomic E-state index is 11.2. The number of nitrogens with zero attached hydrogens (tertiary/aromatic N) is 3. The van der Waals surface area contributed by atoms with Gasteiger partial charge in [0.2, 0.25) is 5.91 Å². The number of hydrogen-bond acceptors (Lipinski definition) is 4. The van der Waals surface area contributed by atoms with Crippen molar-refractivity contribution in [2.75, 3.05) is 0 Å². The molecule has 0 aliphatic heterocycles. The predicted octanol–water partition coefficient (Wildman–Crippen LogP) is -0.424. The topological polar surface area (TPSA) is 99.8 Å². The van der Waals surface area contributed by atoms with Crippen LogP contribution in [0.3, 0.4) is 0 Å². The van der Waals surface area contributed by atoms with Crippen LogP contribution in [0, 0.1) is 0 Å². The first-order valence-electron chi connectivity index (χ1n) is 5.05. The van der Waals surface area contributed by atoms with Crippen LogP contribution in [0.5, 0.6) is 0 Å². The summed E-state index contributed by atoms with van der Waals surface area (Å²) < 4.78 is 1.75. The van der Waals surface area contributed by atoms with E-state index in [0.29, 0.717) is 12.8 Å². The van der Waals surface area contributed by atoms with Gasteiger partial charge in [-0.3, -0.25) is 4.79 Å². The lowest BCUT2D eigenvalue weighted by Gasteiger charge is -2.35. The van der Waals surface area contributed by atoms with Gasteiger partial charge in [-0.1, -0.05) is 0 Å². The van der Waals surface area contributed by atoms with E-state index in [1.807, 2.05) is 0 Å². The lowest BCUT2D eigenvalue weighted by molar-refractivity contribution is -0.124. The minimum atomic E-state index is -0.880. The molecule has 4 N–H and O–H groups in total. The van der Waals surface area contributed by atoms with Crippen LogP contribution in [0.2, 0.25) is 0 Å². The van der Waals surface area contributed by atoms with Crippen molar-refractivity contribution in [1.29, 1.82) is 0 Å². The molecule has 0 spiro atoms. The third-order valence-corrected chi connectivity index (χ3v) is 3.06. The molecule has 0 radical (unpaired) electrons. The first-order valence-corrected chi connectivity index (χ1v) is 5.05. The molecule has 0 saturated heterocycles. The monoisotopic (exact) mass is 209 g/mol. The Morgan fingerprint density at radius 2 is 2.40 bits per heavy atom. The Balaban J connectivity index is 2.14. The average Bonchev–Trinajstić information content (AvgIpc) is 2.70. The number of carbonyl (C=O) groups excluding carboxylic acids is 1. The van der Waals surface area contributed by atoms with E-state index in [4.69, 9.17) is 11.5 Å². The fraction of sp³-hybridized carbons (Fsp3) is 0.667. The van der Waals surface area contributed by atoms with Gasteiger partial charge in [0, 0.05) is 0 Å².